The third-order valence-electron chi connectivity index (χ3n) is 1.33. The first-order chi connectivity index (χ1) is 5.79. The summed E-state index contributed by atoms with van der Waals surface area (Å²) in [5, 5.41) is 4.37. The van der Waals surface area contributed by atoms with Crippen molar-refractivity contribution in [3.8, 4) is 0 Å². The fourth-order valence-corrected chi connectivity index (χ4v) is 1.86. The largest absolute Gasteiger partial charge is 0.423 e. The van der Waals surface area contributed by atoms with Crippen LogP contribution in [0.4, 0.5) is 10.1 Å². The molecule has 0 atom stereocenters. The van der Waals surface area contributed by atoms with Crippen LogP contribution in [0.2, 0.25) is 4.34 Å². The first-order valence-corrected chi connectivity index (χ1v) is 4.54. The highest BCUT2D eigenvalue weighted by Gasteiger charge is 2.08. The van der Waals surface area contributed by atoms with Crippen LogP contribution in [0.3, 0.4) is 0 Å². The van der Waals surface area contributed by atoms with Gasteiger partial charge in [-0.3, -0.25) is 0 Å². The Kier molecular flexibility index (Phi) is 3.56. The fraction of sp³-hybridized carbons (Fsp3) is 0.167. The van der Waals surface area contributed by atoms with Gasteiger partial charge < -0.3 is 10.0 Å². The summed E-state index contributed by atoms with van der Waals surface area (Å²) < 4.78 is 12.7. The minimum Gasteiger partial charge on any atom is -0.423 e. The number of hydrogen-bond acceptors (Lipinski definition) is 3. The SMILES string of the molecule is O=CBNc1c(CF)csc1Cl. The predicted molar refractivity (Wildman–Crippen MR) is 51.7 cm³/mol. The zero-order valence-electron chi connectivity index (χ0n) is 6.14. The minimum absolute atomic E-state index is 0.156. The molecule has 0 aliphatic rings. The highest BCUT2D eigenvalue weighted by atomic mass is 35.5. The Morgan fingerprint density at radius 3 is 3.17 bits per heavy atom. The van der Waals surface area contributed by atoms with Gasteiger partial charge in [0, 0.05) is 10.9 Å². The summed E-state index contributed by atoms with van der Waals surface area (Å²) in [6.07, 6.45) is 0.704. The molecule has 0 unspecified atom stereocenters. The van der Waals surface area contributed by atoms with E-state index in [-0.39, 0.29) is 7.41 Å². The normalized spacial score (nSPS) is 9.50. The maximum Gasteiger partial charge on any atom is 0.308 e. The summed E-state index contributed by atoms with van der Waals surface area (Å²) in [5.41, 5.74) is 1.04. The van der Waals surface area contributed by atoms with Crippen LogP contribution in [0, 0.1) is 0 Å². The number of halogens is 2. The van der Waals surface area contributed by atoms with Gasteiger partial charge in [0.15, 0.2) is 0 Å². The standard InChI is InChI=1S/C6H6BClFNOS/c8-6-5(10-7-3-11)4(1-9)2-12-6/h2-3,7,10H,1H2. The highest BCUT2D eigenvalue weighted by molar-refractivity contribution is 7.15. The second-order valence-corrected chi connectivity index (χ2v) is 3.57. The Balaban J connectivity index is 2.78. The van der Waals surface area contributed by atoms with Gasteiger partial charge in [-0.25, -0.2) is 4.39 Å². The molecule has 0 fully saturated rings. The number of carbonyl (C=O) groups excluding carboxylic acids is 1. The Bertz CT molecular complexity index is 281. The van der Waals surface area contributed by atoms with E-state index < -0.39 is 6.67 Å². The van der Waals surface area contributed by atoms with Crippen molar-refractivity contribution in [2.24, 2.45) is 0 Å². The van der Waals surface area contributed by atoms with Crippen LogP contribution in [0.1, 0.15) is 5.56 Å². The number of thiophene rings is 1. The third kappa shape index (κ3) is 1.98. The second kappa shape index (κ2) is 4.47. The summed E-state index contributed by atoms with van der Waals surface area (Å²) in [7, 11) is 0.156. The minimum atomic E-state index is -0.565. The van der Waals surface area contributed by atoms with Crippen molar-refractivity contribution in [2.45, 2.75) is 6.67 Å². The maximum absolute atomic E-state index is 12.2. The van der Waals surface area contributed by atoms with E-state index in [2.05, 4.69) is 5.23 Å². The van der Waals surface area contributed by atoms with Crippen molar-refractivity contribution in [3.63, 3.8) is 0 Å². The number of hydrogen-bond donors (Lipinski definition) is 1. The predicted octanol–water partition coefficient (Wildman–Crippen LogP) is 1.82. The lowest BCUT2D eigenvalue weighted by atomic mass is 9.98. The zero-order chi connectivity index (χ0) is 8.97. The molecule has 0 saturated heterocycles. The van der Waals surface area contributed by atoms with E-state index >= 15 is 0 Å². The Morgan fingerprint density at radius 2 is 2.58 bits per heavy atom. The van der Waals surface area contributed by atoms with Crippen molar-refractivity contribution in [2.75, 3.05) is 5.23 Å². The topological polar surface area (TPSA) is 29.1 Å². The Labute approximate surface area is 79.0 Å². The van der Waals surface area contributed by atoms with E-state index in [0.717, 1.165) is 0 Å². The van der Waals surface area contributed by atoms with Crippen molar-refractivity contribution in [1.82, 2.24) is 0 Å². The van der Waals surface area contributed by atoms with E-state index in [4.69, 9.17) is 11.6 Å². The summed E-state index contributed by atoms with van der Waals surface area (Å²) in [6, 6.07) is 0. The third-order valence-corrected chi connectivity index (χ3v) is 2.60. The first kappa shape index (κ1) is 9.54. The molecule has 1 rings (SSSR count). The molecule has 0 bridgehead atoms. The molecular weight excluding hydrogens is 199 g/mol. The molecule has 1 aromatic rings. The molecule has 12 heavy (non-hydrogen) atoms. The van der Waals surface area contributed by atoms with E-state index in [0.29, 0.717) is 21.8 Å². The van der Waals surface area contributed by atoms with Crippen LogP contribution >= 0.6 is 22.9 Å². The average molecular weight is 205 g/mol. The lowest BCUT2D eigenvalue weighted by Gasteiger charge is -2.00. The molecule has 1 heterocycles. The van der Waals surface area contributed by atoms with Crippen LogP contribution in [0.15, 0.2) is 5.38 Å². The molecule has 64 valence electrons. The molecule has 0 amide bonds. The monoisotopic (exact) mass is 205 g/mol. The van der Waals surface area contributed by atoms with Gasteiger partial charge in [0.25, 0.3) is 0 Å². The number of alkyl halides is 1. The molecule has 0 aliphatic carbocycles. The molecule has 0 radical (unpaired) electrons. The van der Waals surface area contributed by atoms with Gasteiger partial charge in [0.1, 0.15) is 17.2 Å². The lowest BCUT2D eigenvalue weighted by molar-refractivity contribution is 0.487. The van der Waals surface area contributed by atoms with E-state index in [1.807, 2.05) is 0 Å². The quantitative estimate of drug-likeness (QED) is 0.600. The van der Waals surface area contributed by atoms with E-state index in [9.17, 15) is 9.18 Å². The van der Waals surface area contributed by atoms with Gasteiger partial charge in [-0.15, -0.1) is 11.3 Å². The molecule has 1 N–H and O–H groups in total. The molecule has 0 spiro atoms. The molecule has 0 aromatic carbocycles. The van der Waals surface area contributed by atoms with Crippen molar-refractivity contribution >= 4 is 42.2 Å². The summed E-state index contributed by atoms with van der Waals surface area (Å²) in [6.45, 7) is -0.565. The molecule has 2 nitrogen and oxygen atoms in total. The molecule has 1 aromatic heterocycles. The van der Waals surface area contributed by atoms with Gasteiger partial charge >= 0.3 is 7.41 Å². The smallest absolute Gasteiger partial charge is 0.308 e. The first-order valence-electron chi connectivity index (χ1n) is 3.29. The summed E-state index contributed by atoms with van der Waals surface area (Å²) >= 11 is 6.99. The zero-order valence-corrected chi connectivity index (χ0v) is 7.71. The average Bonchev–Trinajstić information content (AvgIpc) is 2.43. The van der Waals surface area contributed by atoms with Crippen LogP contribution in [0.25, 0.3) is 0 Å². The highest BCUT2D eigenvalue weighted by Crippen LogP contribution is 2.32. The van der Waals surface area contributed by atoms with Gasteiger partial charge in [-0.05, 0) is 0 Å². The van der Waals surface area contributed by atoms with E-state index in [1.165, 1.54) is 11.3 Å². The molecule has 0 saturated carbocycles. The van der Waals surface area contributed by atoms with Gasteiger partial charge in [0.2, 0.25) is 0 Å². The Hall–Kier alpha value is -0.545. The summed E-state index contributed by atoms with van der Waals surface area (Å²) in [5.74, 6) is 0. The maximum atomic E-state index is 12.2. The molecule has 6 heteroatoms. The fourth-order valence-electron chi connectivity index (χ4n) is 0.792. The van der Waals surface area contributed by atoms with Crippen molar-refractivity contribution < 1.29 is 9.18 Å². The van der Waals surface area contributed by atoms with Gasteiger partial charge in [0.05, 0.1) is 5.69 Å². The number of nitrogens with one attached hydrogen (secondary N) is 1. The molecular formula is C6H6BClFNOS. The van der Waals surface area contributed by atoms with Crippen LogP contribution in [0.5, 0.6) is 0 Å². The number of carbonyl (C=O) groups is 1. The van der Waals surface area contributed by atoms with Gasteiger partial charge in [-0.2, -0.15) is 0 Å². The molecule has 0 aliphatic heterocycles. The number of rotatable bonds is 4. The Morgan fingerprint density at radius 1 is 1.83 bits per heavy atom. The van der Waals surface area contributed by atoms with Gasteiger partial charge in [-0.1, -0.05) is 11.6 Å². The van der Waals surface area contributed by atoms with Crippen LogP contribution in [-0.4, -0.2) is 13.6 Å². The van der Waals surface area contributed by atoms with Crippen LogP contribution < -0.4 is 5.23 Å². The van der Waals surface area contributed by atoms with Crippen molar-refractivity contribution in [1.29, 1.82) is 0 Å². The number of anilines is 1. The second-order valence-electron chi connectivity index (χ2n) is 2.09. The lowest BCUT2D eigenvalue weighted by Crippen LogP contribution is -2.07. The van der Waals surface area contributed by atoms with Crippen LogP contribution in [-0.2, 0) is 11.5 Å². The van der Waals surface area contributed by atoms with E-state index in [1.54, 1.807) is 5.38 Å². The van der Waals surface area contributed by atoms with Crippen molar-refractivity contribution in [3.05, 3.63) is 15.3 Å². The summed E-state index contributed by atoms with van der Waals surface area (Å²) in [4.78, 5) is 10.0.